The molecule has 3 aromatic rings. The molecule has 22 heavy (non-hydrogen) atoms. The quantitative estimate of drug-likeness (QED) is 0.405. The van der Waals surface area contributed by atoms with Gasteiger partial charge in [0.25, 0.3) is 10.9 Å². The summed E-state index contributed by atoms with van der Waals surface area (Å²) in [5, 5.41) is 19.1. The van der Waals surface area contributed by atoms with E-state index in [1.807, 2.05) is 12.1 Å². The maximum atomic E-state index is 10.8. The van der Waals surface area contributed by atoms with Crippen molar-refractivity contribution >= 4 is 17.4 Å². The number of nitro benzene ring substituents is 1. The Hall–Kier alpha value is -2.74. The first-order chi connectivity index (χ1) is 10.7. The largest absolute Gasteiger partial charge is 0.411 e. The molecule has 3 rings (SSSR count). The molecule has 0 atom stereocenters. The van der Waals surface area contributed by atoms with Gasteiger partial charge < -0.3 is 4.42 Å². The Balaban J connectivity index is 1.73. The van der Waals surface area contributed by atoms with Crippen molar-refractivity contribution in [2.45, 2.75) is 11.0 Å². The Bertz CT molecular complexity index is 792. The molecule has 0 saturated heterocycles. The van der Waals surface area contributed by atoms with E-state index in [4.69, 9.17) is 4.42 Å². The molecule has 1 aromatic carbocycles. The maximum Gasteiger partial charge on any atom is 0.277 e. The number of hydrogen-bond donors (Lipinski definition) is 0. The van der Waals surface area contributed by atoms with E-state index in [0.717, 1.165) is 5.56 Å². The molecular weight excluding hydrogens is 304 g/mol. The number of nitrogens with zero attached hydrogens (tertiary/aromatic N) is 4. The number of pyridine rings is 1. The van der Waals surface area contributed by atoms with Crippen molar-refractivity contribution in [2.24, 2.45) is 0 Å². The minimum atomic E-state index is -0.459. The third-order valence-electron chi connectivity index (χ3n) is 2.82. The van der Waals surface area contributed by atoms with E-state index >= 15 is 0 Å². The second kappa shape index (κ2) is 6.35. The average Bonchev–Trinajstić information content (AvgIpc) is 3.03. The van der Waals surface area contributed by atoms with Gasteiger partial charge in [0.1, 0.15) is 0 Å². The summed E-state index contributed by atoms with van der Waals surface area (Å²) in [5.74, 6) is 0.944. The third kappa shape index (κ3) is 3.29. The second-order valence-electron chi connectivity index (χ2n) is 4.32. The van der Waals surface area contributed by atoms with Crippen LogP contribution in [0.15, 0.2) is 58.4 Å². The van der Waals surface area contributed by atoms with Gasteiger partial charge in [-0.05, 0) is 23.8 Å². The molecule has 8 heteroatoms. The molecule has 110 valence electrons. The van der Waals surface area contributed by atoms with Crippen LogP contribution in [-0.2, 0) is 5.75 Å². The van der Waals surface area contributed by atoms with E-state index in [9.17, 15) is 10.1 Å². The molecule has 0 aliphatic rings. The summed E-state index contributed by atoms with van der Waals surface area (Å²) in [4.78, 5) is 14.3. The molecule has 0 bridgehead atoms. The fourth-order valence-corrected chi connectivity index (χ4v) is 2.48. The number of rotatable bonds is 5. The molecule has 0 spiro atoms. The SMILES string of the molecule is O=[N+]([O-])c1cccc(-c2nnc(SCc3ccncc3)o2)c1. The Morgan fingerprint density at radius 1 is 1.18 bits per heavy atom. The van der Waals surface area contributed by atoms with Crippen molar-refractivity contribution in [1.29, 1.82) is 0 Å². The molecule has 0 aliphatic heterocycles. The zero-order valence-corrected chi connectivity index (χ0v) is 12.1. The monoisotopic (exact) mass is 314 g/mol. The first kappa shape index (κ1) is 14.2. The van der Waals surface area contributed by atoms with Gasteiger partial charge in [-0.1, -0.05) is 17.8 Å². The molecule has 2 heterocycles. The molecule has 0 unspecified atom stereocenters. The first-order valence-corrected chi connectivity index (χ1v) is 7.31. The molecule has 0 fully saturated rings. The van der Waals surface area contributed by atoms with Gasteiger partial charge in [0, 0.05) is 35.8 Å². The third-order valence-corrected chi connectivity index (χ3v) is 3.71. The van der Waals surface area contributed by atoms with Crippen molar-refractivity contribution in [2.75, 3.05) is 0 Å². The normalized spacial score (nSPS) is 10.5. The van der Waals surface area contributed by atoms with Crippen LogP contribution in [0.1, 0.15) is 5.56 Å². The van der Waals surface area contributed by atoms with Crippen LogP contribution in [0.25, 0.3) is 11.5 Å². The summed E-state index contributed by atoms with van der Waals surface area (Å²) in [7, 11) is 0. The number of hydrogen-bond acceptors (Lipinski definition) is 7. The Morgan fingerprint density at radius 2 is 2.00 bits per heavy atom. The molecule has 0 aliphatic carbocycles. The molecule has 0 saturated carbocycles. The molecule has 0 N–H and O–H groups in total. The van der Waals surface area contributed by atoms with Gasteiger partial charge in [-0.3, -0.25) is 15.1 Å². The van der Waals surface area contributed by atoms with Crippen LogP contribution < -0.4 is 0 Å². The molecule has 0 radical (unpaired) electrons. The molecule has 0 amide bonds. The van der Waals surface area contributed by atoms with E-state index in [1.54, 1.807) is 24.5 Å². The Labute approximate surface area is 129 Å². The van der Waals surface area contributed by atoms with Crippen LogP contribution in [0.4, 0.5) is 5.69 Å². The van der Waals surface area contributed by atoms with Gasteiger partial charge >= 0.3 is 0 Å². The van der Waals surface area contributed by atoms with Gasteiger partial charge in [0.05, 0.1) is 4.92 Å². The van der Waals surface area contributed by atoms with Crippen LogP contribution in [0.3, 0.4) is 0 Å². The van der Waals surface area contributed by atoms with Gasteiger partial charge in [-0.25, -0.2) is 0 Å². The summed E-state index contributed by atoms with van der Waals surface area (Å²) in [6.45, 7) is 0. The number of non-ortho nitro benzene ring substituents is 1. The van der Waals surface area contributed by atoms with E-state index in [-0.39, 0.29) is 11.6 Å². The fraction of sp³-hybridized carbons (Fsp3) is 0.0714. The number of aromatic nitrogens is 3. The lowest BCUT2D eigenvalue weighted by Gasteiger charge is -1.97. The lowest BCUT2D eigenvalue weighted by molar-refractivity contribution is -0.384. The summed E-state index contributed by atoms with van der Waals surface area (Å²) < 4.78 is 5.53. The zero-order chi connectivity index (χ0) is 15.4. The highest BCUT2D eigenvalue weighted by atomic mass is 32.2. The minimum Gasteiger partial charge on any atom is -0.411 e. The van der Waals surface area contributed by atoms with Crippen molar-refractivity contribution in [3.05, 3.63) is 64.5 Å². The predicted octanol–water partition coefficient (Wildman–Crippen LogP) is 3.33. The summed E-state index contributed by atoms with van der Waals surface area (Å²) in [6.07, 6.45) is 3.44. The van der Waals surface area contributed by atoms with Crippen LogP contribution in [0, 0.1) is 10.1 Å². The Kier molecular flexibility index (Phi) is 4.10. The Morgan fingerprint density at radius 3 is 2.77 bits per heavy atom. The topological polar surface area (TPSA) is 95.0 Å². The lowest BCUT2D eigenvalue weighted by Crippen LogP contribution is -1.88. The van der Waals surface area contributed by atoms with E-state index in [2.05, 4.69) is 15.2 Å². The number of nitro groups is 1. The fourth-order valence-electron chi connectivity index (χ4n) is 1.76. The summed E-state index contributed by atoms with van der Waals surface area (Å²) in [5.41, 5.74) is 1.61. The minimum absolute atomic E-state index is 0.0123. The lowest BCUT2D eigenvalue weighted by atomic mass is 10.2. The summed E-state index contributed by atoms with van der Waals surface area (Å²) >= 11 is 1.40. The zero-order valence-electron chi connectivity index (χ0n) is 11.2. The van der Waals surface area contributed by atoms with Gasteiger partial charge in [-0.2, -0.15) is 0 Å². The van der Waals surface area contributed by atoms with Crippen LogP contribution in [0.5, 0.6) is 0 Å². The van der Waals surface area contributed by atoms with Crippen LogP contribution in [-0.4, -0.2) is 20.1 Å². The van der Waals surface area contributed by atoms with Gasteiger partial charge in [0.15, 0.2) is 0 Å². The van der Waals surface area contributed by atoms with E-state index in [1.165, 1.54) is 23.9 Å². The highest BCUT2D eigenvalue weighted by Crippen LogP contribution is 2.27. The van der Waals surface area contributed by atoms with Crippen molar-refractivity contribution < 1.29 is 9.34 Å². The average molecular weight is 314 g/mol. The van der Waals surface area contributed by atoms with Gasteiger partial charge in [-0.15, -0.1) is 10.2 Å². The summed E-state index contributed by atoms with van der Waals surface area (Å²) in [6, 6.07) is 9.92. The standard InChI is InChI=1S/C14H10N4O3S/c19-18(20)12-3-1-2-11(8-12)13-16-17-14(21-13)22-9-10-4-6-15-7-5-10/h1-8H,9H2. The van der Waals surface area contributed by atoms with E-state index in [0.29, 0.717) is 16.5 Å². The van der Waals surface area contributed by atoms with Crippen LogP contribution >= 0.6 is 11.8 Å². The smallest absolute Gasteiger partial charge is 0.277 e. The van der Waals surface area contributed by atoms with Crippen LogP contribution in [0.2, 0.25) is 0 Å². The molecule has 2 aromatic heterocycles. The maximum absolute atomic E-state index is 10.8. The second-order valence-corrected chi connectivity index (χ2v) is 5.25. The molecular formula is C14H10N4O3S. The van der Waals surface area contributed by atoms with Crippen molar-refractivity contribution in [3.63, 3.8) is 0 Å². The first-order valence-electron chi connectivity index (χ1n) is 6.32. The number of benzene rings is 1. The van der Waals surface area contributed by atoms with E-state index < -0.39 is 4.92 Å². The van der Waals surface area contributed by atoms with Gasteiger partial charge in [0.2, 0.25) is 5.89 Å². The number of thioether (sulfide) groups is 1. The highest BCUT2D eigenvalue weighted by Gasteiger charge is 2.13. The molecule has 7 nitrogen and oxygen atoms in total. The van der Waals surface area contributed by atoms with Crippen molar-refractivity contribution in [1.82, 2.24) is 15.2 Å². The predicted molar refractivity (Wildman–Crippen MR) is 80.2 cm³/mol. The van der Waals surface area contributed by atoms with Crippen molar-refractivity contribution in [3.8, 4) is 11.5 Å². The highest BCUT2D eigenvalue weighted by molar-refractivity contribution is 7.98.